The molecule has 2 aromatic carbocycles. The number of nitrogen functional groups attached to an aromatic ring is 1. The number of fused-ring (bicyclic) bond motifs is 3. The topological polar surface area (TPSA) is 110 Å². The molecule has 0 unspecified atom stereocenters. The maximum atomic E-state index is 13.1. The smallest absolute Gasteiger partial charge is 0.253 e. The van der Waals surface area contributed by atoms with E-state index in [1.165, 1.54) is 7.05 Å². The lowest BCUT2D eigenvalue weighted by molar-refractivity contribution is 0.0952. The van der Waals surface area contributed by atoms with Crippen molar-refractivity contribution in [2.24, 2.45) is 0 Å². The highest BCUT2D eigenvalue weighted by molar-refractivity contribution is 6.28. The summed E-state index contributed by atoms with van der Waals surface area (Å²) in [5, 5.41) is 9.78. The molecule has 1 aliphatic rings. The molecule has 3 aromatic rings. The highest BCUT2D eigenvalue weighted by atomic mass is 16.5. The minimum atomic E-state index is -0.392. The van der Waals surface area contributed by atoms with E-state index in [9.17, 15) is 9.59 Å². The summed E-state index contributed by atoms with van der Waals surface area (Å²) in [6, 6.07) is 10.6. The van der Waals surface area contributed by atoms with Gasteiger partial charge in [0.25, 0.3) is 5.91 Å². The number of nitrogens with one attached hydrogen (secondary N) is 2. The van der Waals surface area contributed by atoms with Gasteiger partial charge in [-0.1, -0.05) is 0 Å². The maximum absolute atomic E-state index is 13.1. The first-order valence-corrected chi connectivity index (χ1v) is 7.99. The van der Waals surface area contributed by atoms with Crippen LogP contribution in [0.4, 0.5) is 5.69 Å². The molecule has 0 saturated carbocycles. The third-order valence-corrected chi connectivity index (χ3v) is 4.54. The lowest BCUT2D eigenvalue weighted by Crippen LogP contribution is -2.22. The molecule has 0 fully saturated rings. The van der Waals surface area contributed by atoms with Crippen molar-refractivity contribution in [1.82, 2.24) is 15.5 Å². The number of anilines is 1. The summed E-state index contributed by atoms with van der Waals surface area (Å²) >= 11 is 0. The third-order valence-electron chi connectivity index (χ3n) is 4.54. The number of carbonyl (C=O) groups is 2. The minimum absolute atomic E-state index is 0.195. The second-order valence-corrected chi connectivity index (χ2v) is 5.91. The molecule has 1 amide bonds. The summed E-state index contributed by atoms with van der Waals surface area (Å²) in [4.78, 5) is 25.4. The van der Waals surface area contributed by atoms with Gasteiger partial charge in [0.05, 0.1) is 23.9 Å². The number of nitrogens with two attached hydrogens (primary N) is 1. The molecule has 130 valence electrons. The minimum Gasteiger partial charge on any atom is -0.497 e. The summed E-state index contributed by atoms with van der Waals surface area (Å²) in [6.07, 6.45) is 0. The van der Waals surface area contributed by atoms with Crippen molar-refractivity contribution in [1.29, 1.82) is 0 Å². The Morgan fingerprint density at radius 1 is 1.15 bits per heavy atom. The summed E-state index contributed by atoms with van der Waals surface area (Å²) in [5.41, 5.74) is 9.71. The van der Waals surface area contributed by atoms with Crippen LogP contribution < -0.4 is 15.8 Å². The summed E-state index contributed by atoms with van der Waals surface area (Å²) < 4.78 is 5.17. The van der Waals surface area contributed by atoms with E-state index >= 15 is 0 Å². The van der Waals surface area contributed by atoms with Crippen LogP contribution in [0, 0.1) is 0 Å². The van der Waals surface area contributed by atoms with Crippen molar-refractivity contribution >= 4 is 17.4 Å². The van der Waals surface area contributed by atoms with Crippen LogP contribution in [-0.4, -0.2) is 36.0 Å². The zero-order valence-electron chi connectivity index (χ0n) is 14.2. The molecule has 4 N–H and O–H groups in total. The normalized spacial score (nSPS) is 11.8. The second kappa shape index (κ2) is 5.73. The van der Waals surface area contributed by atoms with E-state index in [4.69, 9.17) is 10.5 Å². The Kier molecular flexibility index (Phi) is 3.50. The van der Waals surface area contributed by atoms with Crippen LogP contribution in [0.1, 0.15) is 26.3 Å². The van der Waals surface area contributed by atoms with Gasteiger partial charge in [-0.25, -0.2) is 0 Å². The number of hydrogen-bond donors (Lipinski definition) is 3. The van der Waals surface area contributed by atoms with Crippen molar-refractivity contribution in [3.63, 3.8) is 0 Å². The van der Waals surface area contributed by atoms with E-state index < -0.39 is 5.91 Å². The molecule has 0 saturated heterocycles. The number of nitrogens with zero attached hydrogens (tertiary/aromatic N) is 1. The molecule has 0 radical (unpaired) electrons. The monoisotopic (exact) mass is 348 g/mol. The van der Waals surface area contributed by atoms with Crippen LogP contribution in [0.2, 0.25) is 0 Å². The number of hydrogen-bond acceptors (Lipinski definition) is 5. The Labute approximate surface area is 149 Å². The lowest BCUT2D eigenvalue weighted by atomic mass is 9.98. The number of ketones is 1. The van der Waals surface area contributed by atoms with Crippen molar-refractivity contribution in [2.75, 3.05) is 19.9 Å². The highest BCUT2D eigenvalue weighted by Crippen LogP contribution is 2.42. The van der Waals surface area contributed by atoms with Crippen molar-refractivity contribution in [2.45, 2.75) is 0 Å². The predicted molar refractivity (Wildman–Crippen MR) is 97.2 cm³/mol. The Balaban J connectivity index is 1.89. The Morgan fingerprint density at radius 3 is 2.54 bits per heavy atom. The molecule has 26 heavy (non-hydrogen) atoms. The van der Waals surface area contributed by atoms with E-state index in [1.54, 1.807) is 31.4 Å². The Morgan fingerprint density at radius 2 is 1.88 bits per heavy atom. The first-order valence-electron chi connectivity index (χ1n) is 7.99. The second-order valence-electron chi connectivity index (χ2n) is 5.91. The molecule has 0 bridgehead atoms. The largest absolute Gasteiger partial charge is 0.497 e. The Hall–Kier alpha value is -3.61. The summed E-state index contributed by atoms with van der Waals surface area (Å²) in [6.45, 7) is 0. The van der Waals surface area contributed by atoms with E-state index in [0.29, 0.717) is 33.8 Å². The average Bonchev–Trinajstić information content (AvgIpc) is 3.21. The van der Waals surface area contributed by atoms with Gasteiger partial charge in [0, 0.05) is 29.4 Å². The van der Waals surface area contributed by atoms with E-state index in [1.807, 2.05) is 12.1 Å². The molecule has 1 aliphatic carbocycles. The standard InChI is InChI=1S/C19H16N4O3/c1-21-19(25)14-12(20)8-7-11-13(14)18(24)15-16(22-23-17(11)15)9-3-5-10(26-2)6-4-9/h3-8H,20H2,1-2H3,(H,21,25)(H,22,23). The number of amides is 1. The number of ether oxygens (including phenoxy) is 1. The number of aromatic nitrogens is 2. The number of aromatic amines is 1. The molecule has 0 atom stereocenters. The fourth-order valence-electron chi connectivity index (χ4n) is 3.27. The van der Waals surface area contributed by atoms with E-state index in [-0.39, 0.29) is 17.0 Å². The zero-order chi connectivity index (χ0) is 18.4. The van der Waals surface area contributed by atoms with Gasteiger partial charge in [-0.3, -0.25) is 14.7 Å². The van der Waals surface area contributed by atoms with Crippen LogP contribution in [0.3, 0.4) is 0 Å². The molecule has 1 aromatic heterocycles. The fraction of sp³-hybridized carbons (Fsp3) is 0.105. The maximum Gasteiger partial charge on any atom is 0.253 e. The van der Waals surface area contributed by atoms with Crippen LogP contribution in [0.15, 0.2) is 36.4 Å². The SMILES string of the molecule is CNC(=O)c1c(N)ccc2c1C(=O)c1c(-c3ccc(OC)cc3)n[nH]c1-2. The molecule has 7 nitrogen and oxygen atoms in total. The van der Waals surface area contributed by atoms with Crippen LogP contribution in [0.25, 0.3) is 22.5 Å². The van der Waals surface area contributed by atoms with Gasteiger partial charge in [0.2, 0.25) is 0 Å². The lowest BCUT2D eigenvalue weighted by Gasteiger charge is -2.09. The van der Waals surface area contributed by atoms with Gasteiger partial charge in [-0.15, -0.1) is 0 Å². The zero-order valence-corrected chi connectivity index (χ0v) is 14.2. The van der Waals surface area contributed by atoms with Crippen molar-refractivity contribution in [3.8, 4) is 28.3 Å². The van der Waals surface area contributed by atoms with Gasteiger partial charge < -0.3 is 15.8 Å². The first-order chi connectivity index (χ1) is 12.6. The number of benzene rings is 2. The average molecular weight is 348 g/mol. The number of carbonyl (C=O) groups excluding carboxylic acids is 2. The third kappa shape index (κ3) is 2.10. The van der Waals surface area contributed by atoms with Gasteiger partial charge >= 0.3 is 0 Å². The molecule has 0 aliphatic heterocycles. The first kappa shape index (κ1) is 15.9. The number of methoxy groups -OCH3 is 1. The fourth-order valence-corrected chi connectivity index (χ4v) is 3.27. The summed E-state index contributed by atoms with van der Waals surface area (Å²) in [7, 11) is 3.09. The molecule has 1 heterocycles. The molecule has 4 rings (SSSR count). The molecule has 7 heteroatoms. The van der Waals surface area contributed by atoms with Gasteiger partial charge in [0.15, 0.2) is 5.78 Å². The molecular formula is C19H16N4O3. The number of H-pyrrole nitrogens is 1. The van der Waals surface area contributed by atoms with Crippen LogP contribution in [0.5, 0.6) is 5.75 Å². The van der Waals surface area contributed by atoms with Gasteiger partial charge in [-0.2, -0.15) is 5.10 Å². The highest BCUT2D eigenvalue weighted by Gasteiger charge is 2.36. The summed E-state index contributed by atoms with van der Waals surface area (Å²) in [5.74, 6) is 0.0579. The quantitative estimate of drug-likeness (QED) is 0.492. The molecule has 0 spiro atoms. The van der Waals surface area contributed by atoms with Crippen molar-refractivity contribution in [3.05, 3.63) is 53.1 Å². The van der Waals surface area contributed by atoms with E-state index in [0.717, 1.165) is 5.56 Å². The van der Waals surface area contributed by atoms with Gasteiger partial charge in [-0.05, 0) is 36.4 Å². The van der Waals surface area contributed by atoms with Crippen molar-refractivity contribution < 1.29 is 14.3 Å². The Bertz CT molecular complexity index is 1050. The molecular weight excluding hydrogens is 332 g/mol. The number of rotatable bonds is 3. The predicted octanol–water partition coefficient (Wildman–Crippen LogP) is 2.24. The van der Waals surface area contributed by atoms with Crippen LogP contribution >= 0.6 is 0 Å². The van der Waals surface area contributed by atoms with E-state index in [2.05, 4.69) is 15.5 Å². The van der Waals surface area contributed by atoms with Gasteiger partial charge in [0.1, 0.15) is 11.4 Å². The van der Waals surface area contributed by atoms with Crippen LogP contribution in [-0.2, 0) is 0 Å².